The Balaban J connectivity index is 2.31. The zero-order valence-electron chi connectivity index (χ0n) is 11.4. The zero-order chi connectivity index (χ0) is 13.6. The molecule has 0 fully saturated rings. The third kappa shape index (κ3) is 1.87. The molecule has 2 aromatic carbocycles. The number of hydrogen-bond donors (Lipinski definition) is 1. The third-order valence-corrected chi connectivity index (χ3v) is 3.58. The van der Waals surface area contributed by atoms with Crippen LogP contribution < -0.4 is 5.73 Å². The van der Waals surface area contributed by atoms with E-state index in [9.17, 15) is 0 Å². The van der Waals surface area contributed by atoms with Gasteiger partial charge in [-0.1, -0.05) is 12.1 Å². The van der Waals surface area contributed by atoms with Crippen LogP contribution in [-0.2, 0) is 0 Å². The monoisotopic (exact) mass is 251 g/mol. The minimum Gasteiger partial charge on any atom is -0.369 e. The summed E-state index contributed by atoms with van der Waals surface area (Å²) in [5, 5.41) is 0. The maximum Gasteiger partial charge on any atom is 0.205 e. The lowest BCUT2D eigenvalue weighted by molar-refractivity contribution is 1.10. The molecule has 2 N–H and O–H groups in total. The SMILES string of the molecule is Cc1ccc2nc(N)n(-c3ccc(C)c(C)c3)c2c1. The standard InChI is InChI=1S/C16H17N3/c1-10-4-7-14-15(8-10)19(16(17)18-14)13-6-5-11(2)12(3)9-13/h4-9H,1-3H3,(H2,17,18). The fourth-order valence-corrected chi connectivity index (χ4v) is 2.34. The Morgan fingerprint density at radius 2 is 1.74 bits per heavy atom. The van der Waals surface area contributed by atoms with E-state index < -0.39 is 0 Å². The van der Waals surface area contributed by atoms with Crippen LogP contribution in [0.2, 0.25) is 0 Å². The van der Waals surface area contributed by atoms with Crippen molar-refractivity contribution in [1.29, 1.82) is 0 Å². The Morgan fingerprint density at radius 1 is 0.947 bits per heavy atom. The van der Waals surface area contributed by atoms with E-state index in [-0.39, 0.29) is 0 Å². The molecule has 19 heavy (non-hydrogen) atoms. The number of nitrogens with two attached hydrogens (primary N) is 1. The van der Waals surface area contributed by atoms with Crippen LogP contribution in [0.5, 0.6) is 0 Å². The van der Waals surface area contributed by atoms with Crippen LogP contribution in [0.1, 0.15) is 16.7 Å². The molecule has 3 aromatic rings. The summed E-state index contributed by atoms with van der Waals surface area (Å²) in [6, 6.07) is 12.5. The smallest absolute Gasteiger partial charge is 0.205 e. The summed E-state index contributed by atoms with van der Waals surface area (Å²) in [7, 11) is 0. The van der Waals surface area contributed by atoms with Gasteiger partial charge < -0.3 is 5.73 Å². The maximum absolute atomic E-state index is 6.08. The molecule has 3 heteroatoms. The molecule has 96 valence electrons. The van der Waals surface area contributed by atoms with Crippen molar-refractivity contribution in [2.45, 2.75) is 20.8 Å². The molecule has 0 amide bonds. The molecule has 0 saturated carbocycles. The molecule has 0 saturated heterocycles. The Hall–Kier alpha value is -2.29. The summed E-state index contributed by atoms with van der Waals surface area (Å²) in [6.07, 6.45) is 0. The molecule has 0 unspecified atom stereocenters. The van der Waals surface area contributed by atoms with Crippen molar-refractivity contribution in [3.8, 4) is 5.69 Å². The molecule has 0 bridgehead atoms. The average Bonchev–Trinajstić information content (AvgIpc) is 2.68. The van der Waals surface area contributed by atoms with Gasteiger partial charge in [0.25, 0.3) is 0 Å². The van der Waals surface area contributed by atoms with Crippen molar-refractivity contribution in [2.75, 3.05) is 5.73 Å². The van der Waals surface area contributed by atoms with Crippen molar-refractivity contribution in [1.82, 2.24) is 9.55 Å². The highest BCUT2D eigenvalue weighted by Crippen LogP contribution is 2.25. The average molecular weight is 251 g/mol. The van der Waals surface area contributed by atoms with Crippen molar-refractivity contribution in [3.63, 3.8) is 0 Å². The van der Waals surface area contributed by atoms with Gasteiger partial charge in [-0.3, -0.25) is 4.57 Å². The summed E-state index contributed by atoms with van der Waals surface area (Å²) in [6.45, 7) is 6.30. The predicted molar refractivity (Wildman–Crippen MR) is 79.7 cm³/mol. The first kappa shape index (κ1) is 11.8. The topological polar surface area (TPSA) is 43.8 Å². The van der Waals surface area contributed by atoms with Crippen LogP contribution in [-0.4, -0.2) is 9.55 Å². The lowest BCUT2D eigenvalue weighted by atomic mass is 10.1. The van der Waals surface area contributed by atoms with Gasteiger partial charge in [0.2, 0.25) is 5.95 Å². The van der Waals surface area contributed by atoms with E-state index >= 15 is 0 Å². The number of benzene rings is 2. The summed E-state index contributed by atoms with van der Waals surface area (Å²) in [4.78, 5) is 4.42. The molecule has 1 aromatic heterocycles. The Morgan fingerprint density at radius 3 is 2.47 bits per heavy atom. The summed E-state index contributed by atoms with van der Waals surface area (Å²) in [5.41, 5.74) is 12.9. The second-order valence-electron chi connectivity index (χ2n) is 5.07. The quantitative estimate of drug-likeness (QED) is 0.719. The van der Waals surface area contributed by atoms with E-state index in [1.54, 1.807) is 0 Å². The van der Waals surface area contributed by atoms with Crippen molar-refractivity contribution < 1.29 is 0 Å². The van der Waals surface area contributed by atoms with Crippen LogP contribution in [0, 0.1) is 20.8 Å². The molecule has 3 nitrogen and oxygen atoms in total. The summed E-state index contributed by atoms with van der Waals surface area (Å²) >= 11 is 0. The molecule has 1 heterocycles. The van der Waals surface area contributed by atoms with Crippen LogP contribution in [0.25, 0.3) is 16.7 Å². The first-order valence-corrected chi connectivity index (χ1v) is 6.38. The maximum atomic E-state index is 6.08. The molecular weight excluding hydrogens is 234 g/mol. The van der Waals surface area contributed by atoms with E-state index in [2.05, 4.69) is 56.1 Å². The summed E-state index contributed by atoms with van der Waals surface area (Å²) < 4.78 is 2.01. The summed E-state index contributed by atoms with van der Waals surface area (Å²) in [5.74, 6) is 0.531. The van der Waals surface area contributed by atoms with Gasteiger partial charge in [0.05, 0.1) is 11.0 Å². The van der Waals surface area contributed by atoms with Crippen LogP contribution in [0.3, 0.4) is 0 Å². The number of nitrogens with zero attached hydrogens (tertiary/aromatic N) is 2. The van der Waals surface area contributed by atoms with Gasteiger partial charge in [0.1, 0.15) is 0 Å². The zero-order valence-corrected chi connectivity index (χ0v) is 11.4. The van der Waals surface area contributed by atoms with Gasteiger partial charge in [-0.05, 0) is 61.7 Å². The third-order valence-electron chi connectivity index (χ3n) is 3.58. The minimum atomic E-state index is 0.531. The lowest BCUT2D eigenvalue weighted by Crippen LogP contribution is -2.01. The highest BCUT2D eigenvalue weighted by Gasteiger charge is 2.10. The number of hydrogen-bond acceptors (Lipinski definition) is 2. The van der Waals surface area contributed by atoms with Crippen LogP contribution in [0.4, 0.5) is 5.95 Å². The van der Waals surface area contributed by atoms with E-state index in [1.165, 1.54) is 16.7 Å². The molecule has 0 aliphatic rings. The first-order chi connectivity index (χ1) is 9.06. The first-order valence-electron chi connectivity index (χ1n) is 6.38. The highest BCUT2D eigenvalue weighted by molar-refractivity contribution is 5.81. The van der Waals surface area contributed by atoms with E-state index in [0.29, 0.717) is 5.95 Å². The minimum absolute atomic E-state index is 0.531. The van der Waals surface area contributed by atoms with Crippen LogP contribution in [0.15, 0.2) is 36.4 Å². The number of aromatic nitrogens is 2. The second-order valence-corrected chi connectivity index (χ2v) is 5.07. The van der Waals surface area contributed by atoms with Crippen molar-refractivity contribution >= 4 is 17.0 Å². The highest BCUT2D eigenvalue weighted by atomic mass is 15.2. The fraction of sp³-hybridized carbons (Fsp3) is 0.188. The van der Waals surface area contributed by atoms with Crippen molar-refractivity contribution in [3.05, 3.63) is 53.1 Å². The second kappa shape index (κ2) is 4.12. The number of fused-ring (bicyclic) bond motifs is 1. The van der Waals surface area contributed by atoms with Gasteiger partial charge in [0.15, 0.2) is 0 Å². The van der Waals surface area contributed by atoms with E-state index in [0.717, 1.165) is 16.7 Å². The van der Waals surface area contributed by atoms with Crippen LogP contribution >= 0.6 is 0 Å². The Kier molecular flexibility index (Phi) is 2.56. The van der Waals surface area contributed by atoms with E-state index in [4.69, 9.17) is 5.73 Å². The number of aryl methyl sites for hydroxylation is 3. The lowest BCUT2D eigenvalue weighted by Gasteiger charge is -2.09. The Bertz CT molecular complexity index is 769. The molecular formula is C16H17N3. The normalized spacial score (nSPS) is 11.1. The number of imidazole rings is 1. The molecule has 0 atom stereocenters. The Labute approximate surface area is 112 Å². The molecule has 0 radical (unpaired) electrons. The van der Waals surface area contributed by atoms with Gasteiger partial charge >= 0.3 is 0 Å². The largest absolute Gasteiger partial charge is 0.369 e. The van der Waals surface area contributed by atoms with Gasteiger partial charge in [-0.25, -0.2) is 4.98 Å². The number of rotatable bonds is 1. The van der Waals surface area contributed by atoms with Crippen molar-refractivity contribution in [2.24, 2.45) is 0 Å². The number of nitrogen functional groups attached to an aromatic ring is 1. The number of anilines is 1. The molecule has 0 aliphatic heterocycles. The molecule has 3 rings (SSSR count). The van der Waals surface area contributed by atoms with Gasteiger partial charge in [-0.2, -0.15) is 0 Å². The molecule has 0 spiro atoms. The van der Waals surface area contributed by atoms with Gasteiger partial charge in [0, 0.05) is 5.69 Å². The van der Waals surface area contributed by atoms with Gasteiger partial charge in [-0.15, -0.1) is 0 Å². The van der Waals surface area contributed by atoms with E-state index in [1.807, 2.05) is 10.6 Å². The fourth-order valence-electron chi connectivity index (χ4n) is 2.34. The molecule has 0 aliphatic carbocycles. The predicted octanol–water partition coefficient (Wildman–Crippen LogP) is 3.53.